The molecule has 7 nitrogen and oxygen atoms in total. The standard InChI is InChI=1S/C21H19N5O2/c1-13-8-10-16(11-9-13)26-21(28)18(14(2)24-26)12-22-25-15(3)23-19-7-5-4-6-17(19)20(25)27/h4-12,24H,1-3H3/b22-12+. The molecule has 28 heavy (non-hydrogen) atoms. The van der Waals surface area contributed by atoms with Gasteiger partial charge in [-0.15, -0.1) is 0 Å². The molecule has 0 aliphatic rings. The van der Waals surface area contributed by atoms with Gasteiger partial charge in [0.15, 0.2) is 0 Å². The number of hydrogen-bond acceptors (Lipinski definition) is 4. The first-order valence-electron chi connectivity index (χ1n) is 8.87. The van der Waals surface area contributed by atoms with Gasteiger partial charge in [0.2, 0.25) is 0 Å². The summed E-state index contributed by atoms with van der Waals surface area (Å²) in [6, 6.07) is 14.7. The highest BCUT2D eigenvalue weighted by Gasteiger charge is 2.12. The normalized spacial score (nSPS) is 11.5. The number of rotatable bonds is 3. The molecule has 2 aromatic carbocycles. The molecule has 2 aromatic heterocycles. The Morgan fingerprint density at radius 3 is 2.43 bits per heavy atom. The summed E-state index contributed by atoms with van der Waals surface area (Å²) in [7, 11) is 0. The Morgan fingerprint density at radius 1 is 0.964 bits per heavy atom. The lowest BCUT2D eigenvalue weighted by Crippen LogP contribution is -2.21. The van der Waals surface area contributed by atoms with Gasteiger partial charge in [-0.3, -0.25) is 14.7 Å². The molecule has 0 spiro atoms. The third-order valence-electron chi connectivity index (χ3n) is 4.63. The molecule has 0 aliphatic carbocycles. The topological polar surface area (TPSA) is 85.0 Å². The number of H-pyrrole nitrogens is 1. The van der Waals surface area contributed by atoms with Crippen LogP contribution in [-0.2, 0) is 0 Å². The molecule has 2 heterocycles. The van der Waals surface area contributed by atoms with Crippen molar-refractivity contribution >= 4 is 17.1 Å². The van der Waals surface area contributed by atoms with E-state index in [0.717, 1.165) is 11.3 Å². The number of aryl methyl sites for hydroxylation is 3. The zero-order chi connectivity index (χ0) is 19.8. The third kappa shape index (κ3) is 2.96. The minimum Gasteiger partial charge on any atom is -0.295 e. The number of aromatic amines is 1. The second-order valence-electron chi connectivity index (χ2n) is 6.66. The van der Waals surface area contributed by atoms with Gasteiger partial charge in [-0.2, -0.15) is 9.78 Å². The van der Waals surface area contributed by atoms with Crippen LogP contribution in [0.3, 0.4) is 0 Å². The predicted octanol–water partition coefficient (Wildman–Crippen LogP) is 2.68. The van der Waals surface area contributed by atoms with Crippen molar-refractivity contribution in [2.24, 2.45) is 5.10 Å². The molecule has 0 amide bonds. The summed E-state index contributed by atoms with van der Waals surface area (Å²) < 4.78 is 2.68. The van der Waals surface area contributed by atoms with Crippen molar-refractivity contribution in [2.75, 3.05) is 0 Å². The van der Waals surface area contributed by atoms with E-state index < -0.39 is 0 Å². The van der Waals surface area contributed by atoms with Crippen LogP contribution in [-0.4, -0.2) is 25.7 Å². The summed E-state index contributed by atoms with van der Waals surface area (Å²) in [4.78, 5) is 29.9. The van der Waals surface area contributed by atoms with Crippen molar-refractivity contribution in [2.45, 2.75) is 20.8 Å². The molecule has 4 rings (SSSR count). The van der Waals surface area contributed by atoms with Crippen LogP contribution in [0.5, 0.6) is 0 Å². The van der Waals surface area contributed by atoms with Crippen molar-refractivity contribution in [3.05, 3.63) is 91.9 Å². The fourth-order valence-electron chi connectivity index (χ4n) is 3.07. The SMILES string of the molecule is Cc1ccc(-n2[nH]c(C)c(/C=N/n3c(C)nc4ccccc4c3=O)c2=O)cc1. The molecule has 0 saturated carbocycles. The Kier molecular flexibility index (Phi) is 4.27. The first kappa shape index (κ1) is 17.7. The van der Waals surface area contributed by atoms with Crippen LogP contribution in [0, 0.1) is 20.8 Å². The van der Waals surface area contributed by atoms with Gasteiger partial charge in [-0.25, -0.2) is 9.67 Å². The first-order chi connectivity index (χ1) is 13.5. The van der Waals surface area contributed by atoms with Crippen LogP contribution < -0.4 is 11.1 Å². The monoisotopic (exact) mass is 373 g/mol. The summed E-state index contributed by atoms with van der Waals surface area (Å²) in [5.41, 5.74) is 3.01. The fourth-order valence-corrected chi connectivity index (χ4v) is 3.07. The summed E-state index contributed by atoms with van der Waals surface area (Å²) in [6.07, 6.45) is 1.41. The van der Waals surface area contributed by atoms with Crippen LogP contribution in [0.15, 0.2) is 63.2 Å². The number of benzene rings is 2. The third-order valence-corrected chi connectivity index (χ3v) is 4.63. The molecular formula is C21H19N5O2. The van der Waals surface area contributed by atoms with Gasteiger partial charge in [0.1, 0.15) is 5.82 Å². The lowest BCUT2D eigenvalue weighted by atomic mass is 10.2. The van der Waals surface area contributed by atoms with E-state index in [2.05, 4.69) is 15.2 Å². The molecule has 0 saturated heterocycles. The number of fused-ring (bicyclic) bond motifs is 1. The van der Waals surface area contributed by atoms with Crippen LogP contribution in [0.1, 0.15) is 22.6 Å². The van der Waals surface area contributed by atoms with Crippen LogP contribution in [0.2, 0.25) is 0 Å². The fraction of sp³-hybridized carbons (Fsp3) is 0.143. The quantitative estimate of drug-likeness (QED) is 0.560. The molecule has 0 radical (unpaired) electrons. The van der Waals surface area contributed by atoms with Crippen LogP contribution in [0.25, 0.3) is 16.6 Å². The summed E-state index contributed by atoms with van der Waals surface area (Å²) in [5, 5.41) is 7.79. The van der Waals surface area contributed by atoms with Gasteiger partial charge in [-0.05, 0) is 45.0 Å². The maximum absolute atomic E-state index is 12.8. The lowest BCUT2D eigenvalue weighted by Gasteiger charge is -2.04. The zero-order valence-corrected chi connectivity index (χ0v) is 15.8. The second-order valence-corrected chi connectivity index (χ2v) is 6.66. The molecule has 4 aromatic rings. The average molecular weight is 373 g/mol. The second kappa shape index (κ2) is 6.77. The van der Waals surface area contributed by atoms with Crippen molar-refractivity contribution in [1.82, 2.24) is 19.4 Å². The molecule has 1 N–H and O–H groups in total. The molecule has 0 aliphatic heterocycles. The smallest absolute Gasteiger partial charge is 0.282 e. The molecule has 7 heteroatoms. The molecule has 0 atom stereocenters. The Bertz CT molecular complexity index is 1320. The molecule has 0 bridgehead atoms. The highest BCUT2D eigenvalue weighted by atomic mass is 16.1. The summed E-state index contributed by atoms with van der Waals surface area (Å²) >= 11 is 0. The number of nitrogens with zero attached hydrogens (tertiary/aromatic N) is 4. The molecule has 0 unspecified atom stereocenters. The average Bonchev–Trinajstić information content (AvgIpc) is 2.96. The maximum atomic E-state index is 12.8. The Balaban J connectivity index is 1.79. The number of nitrogens with one attached hydrogen (secondary N) is 1. The van der Waals surface area contributed by atoms with Gasteiger partial charge in [0.05, 0.1) is 28.4 Å². The van der Waals surface area contributed by atoms with Gasteiger partial charge < -0.3 is 0 Å². The van der Waals surface area contributed by atoms with Crippen molar-refractivity contribution < 1.29 is 0 Å². The predicted molar refractivity (Wildman–Crippen MR) is 110 cm³/mol. The molecule has 0 fully saturated rings. The summed E-state index contributed by atoms with van der Waals surface area (Å²) in [5.74, 6) is 0.451. The van der Waals surface area contributed by atoms with Crippen molar-refractivity contribution in [3.8, 4) is 5.69 Å². The van der Waals surface area contributed by atoms with Crippen molar-refractivity contribution in [3.63, 3.8) is 0 Å². The van der Waals surface area contributed by atoms with Crippen LogP contribution >= 0.6 is 0 Å². The number of para-hydroxylation sites is 1. The van der Waals surface area contributed by atoms with E-state index in [-0.39, 0.29) is 11.1 Å². The Morgan fingerprint density at radius 2 is 1.68 bits per heavy atom. The van der Waals surface area contributed by atoms with E-state index in [1.165, 1.54) is 15.6 Å². The van der Waals surface area contributed by atoms with Crippen LogP contribution in [0.4, 0.5) is 0 Å². The largest absolute Gasteiger partial charge is 0.295 e. The zero-order valence-electron chi connectivity index (χ0n) is 15.8. The number of aromatic nitrogens is 4. The van der Waals surface area contributed by atoms with E-state index in [9.17, 15) is 9.59 Å². The summed E-state index contributed by atoms with van der Waals surface area (Å²) in [6.45, 7) is 5.49. The van der Waals surface area contributed by atoms with Gasteiger partial charge in [0.25, 0.3) is 11.1 Å². The Hall–Kier alpha value is -3.74. The van der Waals surface area contributed by atoms with Gasteiger partial charge >= 0.3 is 0 Å². The first-order valence-corrected chi connectivity index (χ1v) is 8.87. The molecule has 140 valence electrons. The Labute approximate surface area is 160 Å². The van der Waals surface area contributed by atoms with E-state index in [1.54, 1.807) is 32.0 Å². The minimum atomic E-state index is -0.272. The van der Waals surface area contributed by atoms with Gasteiger partial charge in [0, 0.05) is 5.69 Å². The van der Waals surface area contributed by atoms with E-state index >= 15 is 0 Å². The van der Waals surface area contributed by atoms with Crippen molar-refractivity contribution in [1.29, 1.82) is 0 Å². The molecular weight excluding hydrogens is 354 g/mol. The number of hydrogen-bond donors (Lipinski definition) is 1. The minimum absolute atomic E-state index is 0.232. The van der Waals surface area contributed by atoms with E-state index in [1.807, 2.05) is 37.3 Å². The van der Waals surface area contributed by atoms with E-state index in [0.29, 0.717) is 28.0 Å². The maximum Gasteiger partial charge on any atom is 0.282 e. The lowest BCUT2D eigenvalue weighted by molar-refractivity contribution is 0.770. The van der Waals surface area contributed by atoms with E-state index in [4.69, 9.17) is 0 Å². The van der Waals surface area contributed by atoms with Gasteiger partial charge in [-0.1, -0.05) is 29.8 Å². The highest BCUT2D eigenvalue weighted by molar-refractivity contribution is 5.81. The highest BCUT2D eigenvalue weighted by Crippen LogP contribution is 2.09.